The fourth-order valence-corrected chi connectivity index (χ4v) is 5.22. The van der Waals surface area contributed by atoms with Gasteiger partial charge in [-0.05, 0) is 68.7 Å². The number of anilines is 2. The van der Waals surface area contributed by atoms with Gasteiger partial charge in [-0.2, -0.15) is 0 Å². The molecular formula is C31H37N3O2. The number of piperazine rings is 1. The predicted octanol–water partition coefficient (Wildman–Crippen LogP) is 5.73. The Bertz CT molecular complexity index is 1190. The third-order valence-electron chi connectivity index (χ3n) is 7.06. The Morgan fingerprint density at radius 3 is 2.50 bits per heavy atom. The van der Waals surface area contributed by atoms with Crippen molar-refractivity contribution in [2.45, 2.75) is 39.3 Å². The number of carbonyl (C=O) groups is 1. The van der Waals surface area contributed by atoms with E-state index < -0.39 is 0 Å². The zero-order valence-electron chi connectivity index (χ0n) is 21.6. The number of amides is 1. The van der Waals surface area contributed by atoms with Crippen LogP contribution in [0.4, 0.5) is 11.4 Å². The van der Waals surface area contributed by atoms with Gasteiger partial charge in [-0.1, -0.05) is 48.5 Å². The molecule has 4 rings (SSSR count). The summed E-state index contributed by atoms with van der Waals surface area (Å²) in [6.45, 7) is 13.5. The minimum atomic E-state index is -0.0116. The van der Waals surface area contributed by atoms with Crippen LogP contribution in [0.1, 0.15) is 42.3 Å². The summed E-state index contributed by atoms with van der Waals surface area (Å²) >= 11 is 0. The van der Waals surface area contributed by atoms with Crippen LogP contribution >= 0.6 is 0 Å². The number of phenols is 1. The van der Waals surface area contributed by atoms with Crippen molar-refractivity contribution in [3.63, 3.8) is 0 Å². The maximum absolute atomic E-state index is 13.4. The summed E-state index contributed by atoms with van der Waals surface area (Å²) in [7, 11) is 0. The number of benzene rings is 3. The van der Waals surface area contributed by atoms with Crippen LogP contribution in [0, 0.1) is 0 Å². The molecule has 1 amide bonds. The van der Waals surface area contributed by atoms with Gasteiger partial charge < -0.3 is 14.9 Å². The molecule has 0 unspecified atom stereocenters. The molecule has 0 radical (unpaired) electrons. The summed E-state index contributed by atoms with van der Waals surface area (Å²) in [4.78, 5) is 19.9. The topological polar surface area (TPSA) is 47.0 Å². The standard InChI is InChI=1S/C31H37N3O2/c1-5-18-32-21-24(4)34(22-23(32)3)30-26(13-11-17-29(30)35)19-25-12-10-14-27(20-25)31(36)33(6-2)28-15-8-7-9-16-28/h5,7-17,20,23-24,35H,1,6,18-19,21-22H2,2-4H3/t23-,24+/m1/s1. The third-order valence-corrected chi connectivity index (χ3v) is 7.06. The van der Waals surface area contributed by atoms with E-state index >= 15 is 0 Å². The van der Waals surface area contributed by atoms with Crippen molar-refractivity contribution in [2.75, 3.05) is 36.0 Å². The first-order valence-electron chi connectivity index (χ1n) is 12.8. The molecule has 1 N–H and O–H groups in total. The van der Waals surface area contributed by atoms with Crippen molar-refractivity contribution in [1.82, 2.24) is 4.90 Å². The van der Waals surface area contributed by atoms with E-state index in [4.69, 9.17) is 0 Å². The second-order valence-corrected chi connectivity index (χ2v) is 9.64. The first-order chi connectivity index (χ1) is 17.4. The first-order valence-corrected chi connectivity index (χ1v) is 12.8. The van der Waals surface area contributed by atoms with E-state index in [0.717, 1.165) is 42.1 Å². The fraction of sp³-hybridized carbons (Fsp3) is 0.323. The highest BCUT2D eigenvalue weighted by Crippen LogP contribution is 2.36. The Morgan fingerprint density at radius 2 is 1.78 bits per heavy atom. The highest BCUT2D eigenvalue weighted by atomic mass is 16.3. The fourth-order valence-electron chi connectivity index (χ4n) is 5.22. The Labute approximate surface area is 215 Å². The lowest BCUT2D eigenvalue weighted by Crippen LogP contribution is -2.56. The van der Waals surface area contributed by atoms with E-state index in [1.807, 2.05) is 67.6 Å². The normalized spacial score (nSPS) is 18.1. The van der Waals surface area contributed by atoms with Crippen molar-refractivity contribution >= 4 is 17.3 Å². The molecule has 1 aliphatic rings. The lowest BCUT2D eigenvalue weighted by atomic mass is 9.98. The minimum Gasteiger partial charge on any atom is -0.506 e. The second-order valence-electron chi connectivity index (χ2n) is 9.64. The van der Waals surface area contributed by atoms with Gasteiger partial charge in [0.15, 0.2) is 0 Å². The van der Waals surface area contributed by atoms with Crippen molar-refractivity contribution in [1.29, 1.82) is 0 Å². The summed E-state index contributed by atoms with van der Waals surface area (Å²) in [6, 6.07) is 24.0. The molecule has 1 fully saturated rings. The molecule has 0 bridgehead atoms. The van der Waals surface area contributed by atoms with Gasteiger partial charge in [0.2, 0.25) is 0 Å². The molecule has 2 atom stereocenters. The Balaban J connectivity index is 1.60. The molecule has 188 valence electrons. The van der Waals surface area contributed by atoms with Gasteiger partial charge in [0.1, 0.15) is 5.75 Å². The average Bonchev–Trinajstić information content (AvgIpc) is 2.88. The summed E-state index contributed by atoms with van der Waals surface area (Å²) in [6.07, 6.45) is 2.59. The van der Waals surface area contributed by atoms with E-state index in [-0.39, 0.29) is 11.9 Å². The Hall–Kier alpha value is -3.57. The second kappa shape index (κ2) is 11.4. The van der Waals surface area contributed by atoms with Gasteiger partial charge in [-0.15, -0.1) is 6.58 Å². The summed E-state index contributed by atoms with van der Waals surface area (Å²) in [5.74, 6) is 0.291. The zero-order chi connectivity index (χ0) is 25.7. The lowest BCUT2D eigenvalue weighted by Gasteiger charge is -2.45. The third kappa shape index (κ3) is 5.47. The number of aromatic hydroxyl groups is 1. The molecule has 0 saturated carbocycles. The van der Waals surface area contributed by atoms with Gasteiger partial charge in [0.05, 0.1) is 5.69 Å². The lowest BCUT2D eigenvalue weighted by molar-refractivity contribution is 0.0988. The van der Waals surface area contributed by atoms with Crippen LogP contribution in [0.2, 0.25) is 0 Å². The van der Waals surface area contributed by atoms with Gasteiger partial charge in [0.25, 0.3) is 5.91 Å². The maximum atomic E-state index is 13.4. The number of hydrogen-bond acceptors (Lipinski definition) is 4. The number of para-hydroxylation sites is 2. The Kier molecular flexibility index (Phi) is 8.11. The average molecular weight is 484 g/mol. The van der Waals surface area contributed by atoms with Gasteiger partial charge in [0, 0.05) is 49.5 Å². The number of nitrogens with zero attached hydrogens (tertiary/aromatic N) is 3. The molecule has 1 heterocycles. The van der Waals surface area contributed by atoms with Crippen LogP contribution in [0.25, 0.3) is 0 Å². The van der Waals surface area contributed by atoms with E-state index in [1.165, 1.54) is 0 Å². The zero-order valence-corrected chi connectivity index (χ0v) is 21.6. The predicted molar refractivity (Wildman–Crippen MR) is 149 cm³/mol. The van der Waals surface area contributed by atoms with Crippen LogP contribution in [-0.2, 0) is 6.42 Å². The minimum absolute atomic E-state index is 0.0116. The SMILES string of the molecule is C=CCN1C[C@H](C)N(c2c(O)cccc2Cc2cccc(C(=O)N(CC)c3ccccc3)c2)C[C@H]1C. The Morgan fingerprint density at radius 1 is 1.03 bits per heavy atom. The highest BCUT2D eigenvalue weighted by molar-refractivity contribution is 6.06. The van der Waals surface area contributed by atoms with E-state index in [1.54, 1.807) is 11.0 Å². The highest BCUT2D eigenvalue weighted by Gasteiger charge is 2.31. The van der Waals surface area contributed by atoms with Gasteiger partial charge in [-0.3, -0.25) is 9.69 Å². The molecule has 36 heavy (non-hydrogen) atoms. The van der Waals surface area contributed by atoms with Crippen LogP contribution in [0.15, 0.2) is 85.5 Å². The number of rotatable bonds is 8. The van der Waals surface area contributed by atoms with Crippen molar-refractivity contribution in [3.05, 3.63) is 102 Å². The quantitative estimate of drug-likeness (QED) is 0.416. The molecular weight excluding hydrogens is 446 g/mol. The van der Waals surface area contributed by atoms with Crippen molar-refractivity contribution < 1.29 is 9.90 Å². The van der Waals surface area contributed by atoms with E-state index in [2.05, 4.69) is 42.4 Å². The maximum Gasteiger partial charge on any atom is 0.258 e. The largest absolute Gasteiger partial charge is 0.506 e. The van der Waals surface area contributed by atoms with Gasteiger partial charge in [-0.25, -0.2) is 0 Å². The smallest absolute Gasteiger partial charge is 0.258 e. The monoisotopic (exact) mass is 483 g/mol. The van der Waals surface area contributed by atoms with Crippen LogP contribution in [-0.4, -0.2) is 54.2 Å². The number of carbonyl (C=O) groups excluding carboxylic acids is 1. The van der Waals surface area contributed by atoms with Crippen molar-refractivity contribution in [2.24, 2.45) is 0 Å². The molecule has 0 aliphatic carbocycles. The molecule has 3 aromatic carbocycles. The summed E-state index contributed by atoms with van der Waals surface area (Å²) < 4.78 is 0. The summed E-state index contributed by atoms with van der Waals surface area (Å²) in [5.41, 5.74) is 4.56. The summed E-state index contributed by atoms with van der Waals surface area (Å²) in [5, 5.41) is 10.9. The first kappa shape index (κ1) is 25.5. The number of phenolic OH excluding ortho intramolecular Hbond substituents is 1. The van der Waals surface area contributed by atoms with Gasteiger partial charge >= 0.3 is 0 Å². The number of hydrogen-bond donors (Lipinski definition) is 1. The van der Waals surface area contributed by atoms with Crippen molar-refractivity contribution in [3.8, 4) is 5.75 Å². The molecule has 1 aliphatic heterocycles. The molecule has 1 saturated heterocycles. The van der Waals surface area contributed by atoms with E-state index in [9.17, 15) is 9.90 Å². The molecule has 5 heteroatoms. The molecule has 3 aromatic rings. The van der Waals surface area contributed by atoms with Crippen LogP contribution < -0.4 is 9.80 Å². The molecule has 5 nitrogen and oxygen atoms in total. The molecule has 0 aromatic heterocycles. The van der Waals surface area contributed by atoms with Crippen LogP contribution in [0.3, 0.4) is 0 Å². The van der Waals surface area contributed by atoms with Crippen LogP contribution in [0.5, 0.6) is 5.75 Å². The van der Waals surface area contributed by atoms with E-state index in [0.29, 0.717) is 30.3 Å². The molecule has 0 spiro atoms.